The summed E-state index contributed by atoms with van der Waals surface area (Å²) in [5.74, 6) is 0.0176. The Hall–Kier alpha value is -1.38. The van der Waals surface area contributed by atoms with Gasteiger partial charge in [0.2, 0.25) is 0 Å². The van der Waals surface area contributed by atoms with Crippen LogP contribution in [0, 0.1) is 0 Å². The predicted octanol–water partition coefficient (Wildman–Crippen LogP) is 0.930. The normalized spacial score (nSPS) is 15.0. The Kier molecular flexibility index (Phi) is 2.00. The van der Waals surface area contributed by atoms with Gasteiger partial charge in [0.05, 0.1) is 11.3 Å². The molecule has 0 spiro atoms. The molecule has 1 amide bonds. The largest absolute Gasteiger partial charge is 0.352 e. The molecule has 0 radical (unpaired) electrons. The van der Waals surface area contributed by atoms with E-state index in [1.54, 1.807) is 0 Å². The minimum absolute atomic E-state index is 0.0176. The molecule has 3 nitrogen and oxygen atoms in total. The van der Waals surface area contributed by atoms with Gasteiger partial charge in [-0.3, -0.25) is 9.78 Å². The van der Waals surface area contributed by atoms with Crippen molar-refractivity contribution in [1.29, 1.82) is 0 Å². The molecule has 1 aromatic rings. The van der Waals surface area contributed by atoms with Gasteiger partial charge in [-0.25, -0.2) is 0 Å². The van der Waals surface area contributed by atoms with E-state index >= 15 is 0 Å². The molecule has 0 aromatic carbocycles. The molecular formula is C10H12N2O. The molecule has 3 heteroatoms. The molecule has 1 aliphatic heterocycles. The highest BCUT2D eigenvalue weighted by Crippen LogP contribution is 2.13. The summed E-state index contributed by atoms with van der Waals surface area (Å²) in [6.07, 6.45) is 3.63. The molecule has 1 aliphatic rings. The number of pyridine rings is 1. The molecule has 2 rings (SSSR count). The molecule has 0 bridgehead atoms. The first kappa shape index (κ1) is 8.23. The van der Waals surface area contributed by atoms with Crippen molar-refractivity contribution >= 4 is 5.91 Å². The number of aromatic nitrogens is 1. The van der Waals surface area contributed by atoms with Crippen molar-refractivity contribution in [3.8, 4) is 0 Å². The van der Waals surface area contributed by atoms with Gasteiger partial charge in [0.1, 0.15) is 0 Å². The van der Waals surface area contributed by atoms with Gasteiger partial charge >= 0.3 is 0 Å². The van der Waals surface area contributed by atoms with Gasteiger partial charge in [0.15, 0.2) is 0 Å². The molecule has 0 atom stereocenters. The quantitative estimate of drug-likeness (QED) is 0.691. The Morgan fingerprint density at radius 1 is 1.62 bits per heavy atom. The molecule has 0 aliphatic carbocycles. The monoisotopic (exact) mass is 176 g/mol. The average Bonchev–Trinajstić information content (AvgIpc) is 2.18. The maximum atomic E-state index is 11.4. The lowest BCUT2D eigenvalue weighted by atomic mass is 10.0. The molecule has 0 fully saturated rings. The van der Waals surface area contributed by atoms with E-state index < -0.39 is 0 Å². The first-order valence-corrected chi connectivity index (χ1v) is 4.57. The van der Waals surface area contributed by atoms with Crippen LogP contribution in [0.15, 0.2) is 12.3 Å². The molecule has 0 saturated carbocycles. The van der Waals surface area contributed by atoms with Crippen LogP contribution in [0.1, 0.15) is 28.5 Å². The molecule has 1 N–H and O–H groups in total. The Labute approximate surface area is 77.2 Å². The fourth-order valence-corrected chi connectivity index (χ4v) is 1.52. The van der Waals surface area contributed by atoms with E-state index in [0.717, 1.165) is 29.7 Å². The Morgan fingerprint density at radius 3 is 3.23 bits per heavy atom. The van der Waals surface area contributed by atoms with Crippen molar-refractivity contribution in [2.24, 2.45) is 0 Å². The zero-order valence-electron chi connectivity index (χ0n) is 7.63. The third-order valence-electron chi connectivity index (χ3n) is 2.33. The van der Waals surface area contributed by atoms with Gasteiger partial charge in [-0.1, -0.05) is 6.92 Å². The number of fused-ring (bicyclic) bond motifs is 1. The van der Waals surface area contributed by atoms with Crippen LogP contribution in [0.5, 0.6) is 0 Å². The summed E-state index contributed by atoms with van der Waals surface area (Å²) in [5.41, 5.74) is 2.81. The van der Waals surface area contributed by atoms with E-state index in [1.807, 2.05) is 12.3 Å². The second-order valence-corrected chi connectivity index (χ2v) is 3.20. The van der Waals surface area contributed by atoms with E-state index in [1.165, 1.54) is 0 Å². The van der Waals surface area contributed by atoms with Gasteiger partial charge in [-0.2, -0.15) is 0 Å². The van der Waals surface area contributed by atoms with Gasteiger partial charge in [-0.15, -0.1) is 0 Å². The molecular weight excluding hydrogens is 164 g/mol. The minimum Gasteiger partial charge on any atom is -0.352 e. The third kappa shape index (κ3) is 1.41. The van der Waals surface area contributed by atoms with E-state index in [-0.39, 0.29) is 5.91 Å². The van der Waals surface area contributed by atoms with E-state index in [0.29, 0.717) is 6.54 Å². The number of nitrogens with one attached hydrogen (secondary N) is 1. The van der Waals surface area contributed by atoms with Crippen LogP contribution in [0.3, 0.4) is 0 Å². The van der Waals surface area contributed by atoms with Gasteiger partial charge in [0.25, 0.3) is 5.91 Å². The predicted molar refractivity (Wildman–Crippen MR) is 49.7 cm³/mol. The number of rotatable bonds is 1. The zero-order chi connectivity index (χ0) is 9.26. The SMILES string of the molecule is CCc1cnc2c(c1)C(=O)NCC2. The van der Waals surface area contributed by atoms with Gasteiger partial charge < -0.3 is 5.32 Å². The van der Waals surface area contributed by atoms with Crippen molar-refractivity contribution in [1.82, 2.24) is 10.3 Å². The lowest BCUT2D eigenvalue weighted by Gasteiger charge is -2.15. The number of carbonyl (C=O) groups excluding carboxylic acids is 1. The third-order valence-corrected chi connectivity index (χ3v) is 2.33. The molecule has 1 aromatic heterocycles. The maximum absolute atomic E-state index is 11.4. The van der Waals surface area contributed by atoms with Crippen molar-refractivity contribution < 1.29 is 4.79 Å². The van der Waals surface area contributed by atoms with Crippen LogP contribution < -0.4 is 5.32 Å². The fourth-order valence-electron chi connectivity index (χ4n) is 1.52. The van der Waals surface area contributed by atoms with E-state index in [4.69, 9.17) is 0 Å². The van der Waals surface area contributed by atoms with Crippen LogP contribution in [0.2, 0.25) is 0 Å². The van der Waals surface area contributed by atoms with Gasteiger partial charge in [-0.05, 0) is 18.1 Å². The number of aryl methyl sites for hydroxylation is 1. The standard InChI is InChI=1S/C10H12N2O/c1-2-7-5-8-9(12-6-7)3-4-11-10(8)13/h5-6H,2-4H2,1H3,(H,11,13). The number of carbonyl (C=O) groups is 1. The Bertz CT molecular complexity index is 347. The smallest absolute Gasteiger partial charge is 0.253 e. The van der Waals surface area contributed by atoms with Crippen LogP contribution in [0.25, 0.3) is 0 Å². The lowest BCUT2D eigenvalue weighted by molar-refractivity contribution is 0.0945. The fraction of sp³-hybridized carbons (Fsp3) is 0.400. The Balaban J connectivity index is 2.47. The van der Waals surface area contributed by atoms with Crippen molar-refractivity contribution in [3.63, 3.8) is 0 Å². The number of nitrogens with zero attached hydrogens (tertiary/aromatic N) is 1. The molecule has 13 heavy (non-hydrogen) atoms. The summed E-state index contributed by atoms with van der Waals surface area (Å²) in [5, 5.41) is 2.81. The summed E-state index contributed by atoms with van der Waals surface area (Å²) in [7, 11) is 0. The summed E-state index contributed by atoms with van der Waals surface area (Å²) in [4.78, 5) is 15.7. The molecule has 0 unspecified atom stereocenters. The first-order valence-electron chi connectivity index (χ1n) is 4.57. The lowest BCUT2D eigenvalue weighted by Crippen LogP contribution is -2.32. The van der Waals surface area contributed by atoms with Crippen LogP contribution >= 0.6 is 0 Å². The Morgan fingerprint density at radius 2 is 2.46 bits per heavy atom. The molecule has 0 saturated heterocycles. The second-order valence-electron chi connectivity index (χ2n) is 3.20. The topological polar surface area (TPSA) is 42.0 Å². The van der Waals surface area contributed by atoms with Crippen molar-refractivity contribution in [3.05, 3.63) is 29.1 Å². The van der Waals surface area contributed by atoms with E-state index in [9.17, 15) is 4.79 Å². The highest BCUT2D eigenvalue weighted by molar-refractivity contribution is 5.96. The summed E-state index contributed by atoms with van der Waals surface area (Å²) in [6.45, 7) is 2.77. The minimum atomic E-state index is 0.0176. The van der Waals surface area contributed by atoms with Crippen molar-refractivity contribution in [2.75, 3.05) is 6.54 Å². The zero-order valence-corrected chi connectivity index (χ0v) is 7.63. The van der Waals surface area contributed by atoms with Crippen LogP contribution in [-0.2, 0) is 12.8 Å². The number of hydrogen-bond acceptors (Lipinski definition) is 2. The molecule has 2 heterocycles. The van der Waals surface area contributed by atoms with Crippen LogP contribution in [-0.4, -0.2) is 17.4 Å². The highest BCUT2D eigenvalue weighted by Gasteiger charge is 2.17. The van der Waals surface area contributed by atoms with Gasteiger partial charge in [0, 0.05) is 19.2 Å². The first-order chi connectivity index (χ1) is 6.31. The number of amides is 1. The highest BCUT2D eigenvalue weighted by atomic mass is 16.1. The second kappa shape index (κ2) is 3.17. The maximum Gasteiger partial charge on any atom is 0.253 e. The summed E-state index contributed by atoms with van der Waals surface area (Å²) < 4.78 is 0. The molecule has 68 valence electrons. The van der Waals surface area contributed by atoms with Crippen molar-refractivity contribution in [2.45, 2.75) is 19.8 Å². The van der Waals surface area contributed by atoms with Crippen LogP contribution in [0.4, 0.5) is 0 Å². The average molecular weight is 176 g/mol. The summed E-state index contributed by atoms with van der Waals surface area (Å²) in [6, 6.07) is 1.94. The number of hydrogen-bond donors (Lipinski definition) is 1. The van der Waals surface area contributed by atoms with E-state index in [2.05, 4.69) is 17.2 Å². The summed E-state index contributed by atoms with van der Waals surface area (Å²) >= 11 is 0.